The van der Waals surface area contributed by atoms with Gasteiger partial charge in [0, 0.05) is 131 Å². The van der Waals surface area contributed by atoms with Crippen LogP contribution in [0.5, 0.6) is 23.0 Å². The van der Waals surface area contributed by atoms with Gasteiger partial charge < -0.3 is 38.5 Å². The highest BCUT2D eigenvalue weighted by molar-refractivity contribution is 6.32. The number of piperidine rings is 4. The molecule has 20 rings (SSSR count). The molecule has 8 fully saturated rings. The van der Waals surface area contributed by atoms with Crippen LogP contribution in [0.15, 0.2) is 170 Å². The van der Waals surface area contributed by atoms with Crippen molar-refractivity contribution in [3.8, 4) is 23.0 Å². The van der Waals surface area contributed by atoms with E-state index in [0.717, 1.165) is 148 Å². The van der Waals surface area contributed by atoms with Gasteiger partial charge in [-0.25, -0.2) is 0 Å². The number of likely N-dealkylation sites (tertiary alicyclic amines) is 4. The second kappa shape index (κ2) is 42.7. The van der Waals surface area contributed by atoms with E-state index in [1.807, 2.05) is 48.5 Å². The van der Waals surface area contributed by atoms with Crippen molar-refractivity contribution in [2.45, 2.75) is 202 Å². The van der Waals surface area contributed by atoms with Gasteiger partial charge in [-0.15, -0.1) is 0 Å². The maximum absolute atomic E-state index is 6.67. The van der Waals surface area contributed by atoms with E-state index in [4.69, 9.17) is 65.4 Å². The number of nitrogens with zero attached hydrogens (tertiary/aromatic N) is 8. The van der Waals surface area contributed by atoms with Gasteiger partial charge in [-0.1, -0.05) is 181 Å². The first-order valence-electron chi connectivity index (χ1n) is 47.1. The van der Waals surface area contributed by atoms with E-state index in [1.165, 1.54) is 274 Å². The fourth-order valence-corrected chi connectivity index (χ4v) is 23.9. The molecule has 12 heterocycles. The number of ether oxygens (including phenoxy) is 4. The molecular formula is C104H132Cl4N8O4. The third-order valence-corrected chi connectivity index (χ3v) is 30.1. The average molecular weight is 1700 g/mol. The molecule has 0 spiro atoms. The molecule has 0 bridgehead atoms. The number of hydrogen-bond acceptors (Lipinski definition) is 12. The van der Waals surface area contributed by atoms with Crippen LogP contribution in [0.2, 0.25) is 20.1 Å². The quantitative estimate of drug-likeness (QED) is 0.0542. The van der Waals surface area contributed by atoms with Crippen molar-refractivity contribution in [2.24, 2.45) is 0 Å². The molecule has 8 saturated heterocycles. The Balaban J connectivity index is 0.000000114. The van der Waals surface area contributed by atoms with Crippen LogP contribution in [0.4, 0.5) is 0 Å². The van der Waals surface area contributed by atoms with Crippen molar-refractivity contribution >= 4 is 46.4 Å². The lowest BCUT2D eigenvalue weighted by molar-refractivity contribution is 0.200. The first-order chi connectivity index (χ1) is 59.2. The smallest absolute Gasteiger partial charge is 0.123 e. The molecular weight excluding hydrogens is 1570 g/mol. The predicted molar refractivity (Wildman–Crippen MR) is 495 cm³/mol. The molecule has 0 amide bonds. The fourth-order valence-electron chi connectivity index (χ4n) is 22.8. The van der Waals surface area contributed by atoms with E-state index < -0.39 is 0 Å². The zero-order valence-electron chi connectivity index (χ0n) is 71.4. The second-order valence-corrected chi connectivity index (χ2v) is 38.1. The molecule has 12 aliphatic rings. The average Bonchev–Trinajstić information content (AvgIpc) is 1.16. The van der Waals surface area contributed by atoms with Crippen LogP contribution in [0.3, 0.4) is 0 Å². The third-order valence-electron chi connectivity index (χ3n) is 28.8. The van der Waals surface area contributed by atoms with Gasteiger partial charge in [-0.3, -0.25) is 19.6 Å². The Labute approximate surface area is 738 Å². The first kappa shape index (κ1) is 85.9. The van der Waals surface area contributed by atoms with Gasteiger partial charge in [0.2, 0.25) is 0 Å². The molecule has 120 heavy (non-hydrogen) atoms. The molecule has 8 atom stereocenters. The molecule has 0 N–H and O–H groups in total. The van der Waals surface area contributed by atoms with Crippen molar-refractivity contribution in [2.75, 3.05) is 157 Å². The number of halogens is 4. The largest absolute Gasteiger partial charge is 0.494 e. The second-order valence-electron chi connectivity index (χ2n) is 36.4. The van der Waals surface area contributed by atoms with E-state index >= 15 is 0 Å². The van der Waals surface area contributed by atoms with Crippen LogP contribution in [-0.4, -0.2) is 197 Å². The lowest BCUT2D eigenvalue weighted by Crippen LogP contribution is -2.35. The third kappa shape index (κ3) is 21.0. The molecule has 16 heteroatoms. The maximum atomic E-state index is 6.67. The van der Waals surface area contributed by atoms with E-state index in [1.54, 1.807) is 0 Å². The highest BCUT2D eigenvalue weighted by Gasteiger charge is 2.43. The van der Waals surface area contributed by atoms with Crippen LogP contribution >= 0.6 is 46.4 Å². The predicted octanol–water partition coefficient (Wildman–Crippen LogP) is 23.5. The van der Waals surface area contributed by atoms with Crippen molar-refractivity contribution in [1.29, 1.82) is 0 Å². The zero-order valence-corrected chi connectivity index (χ0v) is 74.5. The summed E-state index contributed by atoms with van der Waals surface area (Å²) in [5.41, 5.74) is 16.4. The summed E-state index contributed by atoms with van der Waals surface area (Å²) in [7, 11) is 0. The Bertz CT molecular complexity index is 4290. The van der Waals surface area contributed by atoms with E-state index in [9.17, 15) is 0 Å². The highest BCUT2D eigenvalue weighted by Crippen LogP contribution is 2.53. The monoisotopic (exact) mass is 1700 g/mol. The van der Waals surface area contributed by atoms with E-state index in [-0.39, 0.29) is 11.8 Å². The minimum Gasteiger partial charge on any atom is -0.494 e. The van der Waals surface area contributed by atoms with Crippen LogP contribution in [0.25, 0.3) is 0 Å². The molecule has 8 aromatic carbocycles. The SMILES string of the molecule is Clc1ccccc1[C@@H]1CN2CCC[C@H]2c2cc(OCCCN3CCCCC3)ccc21.Clc1ccccc1[C@@H]1CN2CCC[C@H]2c2cccc(OCCCN3CCCCC3)c21.Clc1ccccc1[C@H]1CN2CCC[C@H]2c2cc(OCCCN3CCCCC3)ccc21.Clc1ccccc1[C@H]1CN2CCC[C@H]2c2cccc(OCCCN3CCCCC3)c21. The zero-order chi connectivity index (χ0) is 81.4. The number of rotatable bonds is 24. The molecule has 12 nitrogen and oxygen atoms in total. The lowest BCUT2D eigenvalue weighted by Gasteiger charge is -2.38. The van der Waals surface area contributed by atoms with Crippen molar-refractivity contribution in [1.82, 2.24) is 39.2 Å². The van der Waals surface area contributed by atoms with Crippen molar-refractivity contribution in [3.05, 3.63) is 257 Å². The maximum Gasteiger partial charge on any atom is 0.123 e. The van der Waals surface area contributed by atoms with Gasteiger partial charge >= 0.3 is 0 Å². The summed E-state index contributed by atoms with van der Waals surface area (Å²) < 4.78 is 25.3. The Hall–Kier alpha value is -6.20. The van der Waals surface area contributed by atoms with E-state index in [0.29, 0.717) is 36.0 Å². The van der Waals surface area contributed by atoms with Crippen LogP contribution in [-0.2, 0) is 0 Å². The Morgan fingerprint density at radius 2 is 0.517 bits per heavy atom. The summed E-state index contributed by atoms with van der Waals surface area (Å²) in [5.74, 6) is 5.44. The molecule has 0 saturated carbocycles. The summed E-state index contributed by atoms with van der Waals surface area (Å²) in [4.78, 5) is 21.0. The van der Waals surface area contributed by atoms with Gasteiger partial charge in [-0.2, -0.15) is 0 Å². The molecule has 0 radical (unpaired) electrons. The summed E-state index contributed by atoms with van der Waals surface area (Å²) >= 11 is 26.5. The van der Waals surface area contributed by atoms with Gasteiger partial charge in [0.05, 0.1) is 26.4 Å². The first-order valence-corrected chi connectivity index (χ1v) is 48.6. The number of benzene rings is 8. The molecule has 0 unspecified atom stereocenters. The molecule has 640 valence electrons. The minimum absolute atomic E-state index is 0.279. The summed E-state index contributed by atoms with van der Waals surface area (Å²) in [6.07, 6.45) is 30.9. The van der Waals surface area contributed by atoms with Crippen LogP contribution in [0.1, 0.15) is 269 Å². The normalized spacial score (nSPS) is 24.4. The summed E-state index contributed by atoms with van der Waals surface area (Å²) in [6.45, 7) is 26.8. The molecule has 0 aromatic heterocycles. The minimum atomic E-state index is 0.279. The van der Waals surface area contributed by atoms with E-state index in [2.05, 4.69) is 161 Å². The lowest BCUT2D eigenvalue weighted by atomic mass is 9.81. The molecule has 8 aromatic rings. The number of hydrogen-bond donors (Lipinski definition) is 0. The molecule has 0 aliphatic carbocycles. The summed E-state index contributed by atoms with van der Waals surface area (Å²) in [5, 5.41) is 3.49. The van der Waals surface area contributed by atoms with Crippen LogP contribution < -0.4 is 18.9 Å². The highest BCUT2D eigenvalue weighted by atomic mass is 35.5. The molecule has 12 aliphatic heterocycles. The van der Waals surface area contributed by atoms with Gasteiger partial charge in [-0.05, 0) is 323 Å². The fraction of sp³-hybridized carbons (Fsp3) is 0.538. The van der Waals surface area contributed by atoms with Gasteiger partial charge in [0.15, 0.2) is 0 Å². The number of fused-ring (bicyclic) bond motifs is 12. The Morgan fingerprint density at radius 1 is 0.242 bits per heavy atom. The van der Waals surface area contributed by atoms with Gasteiger partial charge in [0.25, 0.3) is 0 Å². The Kier molecular flexibility index (Phi) is 30.6. The summed E-state index contributed by atoms with van der Waals surface area (Å²) in [6, 6.07) is 62.5. The van der Waals surface area contributed by atoms with Crippen molar-refractivity contribution in [3.63, 3.8) is 0 Å². The van der Waals surface area contributed by atoms with Gasteiger partial charge in [0.1, 0.15) is 23.0 Å². The Morgan fingerprint density at radius 3 is 0.833 bits per heavy atom. The van der Waals surface area contributed by atoms with Crippen molar-refractivity contribution < 1.29 is 18.9 Å². The standard InChI is InChI=1S/4C26H33ClN2O/c2*27-23-11-3-2-9-20(23)22-19-29-17-7-12-24(29)21-10-6-13-25(26(21)22)30-18-8-16-28-14-4-1-5-15-28;2*27-25-9-3-2-8-22(25)24-19-29-16-6-10-26(29)23-18-20(11-12-21(23)24)30-17-7-15-28-13-4-1-5-14-28/h2*2-3,6,9-11,13,22,24H,1,4-5,7-8,12,14-19H2;2*2-3,8-9,11-12,18,24,26H,1,4-7,10,13-17,19H2/t22-,24+;22-,24-;24-,26+;24-,26-/m1010/s1. The van der Waals surface area contributed by atoms with Crippen LogP contribution in [0, 0.1) is 0 Å². The topological polar surface area (TPSA) is 62.8 Å².